The normalized spacial score (nSPS) is 11.8. The highest BCUT2D eigenvalue weighted by molar-refractivity contribution is 6.32. The number of hydrogen-bond acceptors (Lipinski definition) is 6. The van der Waals surface area contributed by atoms with Gasteiger partial charge in [0, 0.05) is 5.56 Å². The minimum absolute atomic E-state index is 0.0419. The van der Waals surface area contributed by atoms with Gasteiger partial charge in [0.15, 0.2) is 0 Å². The average molecular weight is 489 g/mol. The van der Waals surface area contributed by atoms with E-state index in [1.54, 1.807) is 6.92 Å². The Labute approximate surface area is 195 Å². The van der Waals surface area contributed by atoms with Crippen molar-refractivity contribution in [2.75, 3.05) is 0 Å². The third-order valence-corrected chi connectivity index (χ3v) is 4.98. The molecule has 0 saturated carbocycles. The number of hydrazone groups is 1. The third kappa shape index (κ3) is 5.12. The van der Waals surface area contributed by atoms with E-state index in [1.165, 1.54) is 23.0 Å². The summed E-state index contributed by atoms with van der Waals surface area (Å²) < 4.78 is 40.2. The van der Waals surface area contributed by atoms with Gasteiger partial charge in [0.25, 0.3) is 5.91 Å². The van der Waals surface area contributed by atoms with E-state index < -0.39 is 17.6 Å². The lowest BCUT2D eigenvalue weighted by molar-refractivity contribution is -0.137. The second kappa shape index (κ2) is 9.43. The Morgan fingerprint density at radius 2 is 1.91 bits per heavy atom. The molecule has 0 radical (unpaired) electrons. The summed E-state index contributed by atoms with van der Waals surface area (Å²) in [7, 11) is 0. The summed E-state index contributed by atoms with van der Waals surface area (Å²) in [5, 5.41) is 20.0. The van der Waals surface area contributed by atoms with Gasteiger partial charge in [-0.2, -0.15) is 28.2 Å². The first-order chi connectivity index (χ1) is 16.2. The molecule has 174 valence electrons. The van der Waals surface area contributed by atoms with Gasteiger partial charge in [-0.15, -0.1) is 10.2 Å². The van der Waals surface area contributed by atoms with Crippen molar-refractivity contribution >= 4 is 23.7 Å². The molecule has 0 aliphatic heterocycles. The number of nitrogens with zero attached hydrogens (tertiary/aromatic N) is 7. The molecule has 0 aliphatic carbocycles. The number of rotatable bonds is 6. The van der Waals surface area contributed by atoms with Crippen molar-refractivity contribution in [3.8, 4) is 17.1 Å². The zero-order chi connectivity index (χ0) is 24.3. The first-order valence-corrected chi connectivity index (χ1v) is 10.2. The van der Waals surface area contributed by atoms with Gasteiger partial charge in [0.05, 0.1) is 28.7 Å². The van der Waals surface area contributed by atoms with E-state index >= 15 is 0 Å². The van der Waals surface area contributed by atoms with E-state index in [4.69, 9.17) is 11.6 Å². The van der Waals surface area contributed by atoms with Crippen molar-refractivity contribution < 1.29 is 18.0 Å². The predicted molar refractivity (Wildman–Crippen MR) is 117 cm³/mol. The number of carbonyl (C=O) groups is 1. The Morgan fingerprint density at radius 1 is 1.15 bits per heavy atom. The molecule has 1 N–H and O–H groups in total. The van der Waals surface area contributed by atoms with Gasteiger partial charge < -0.3 is 0 Å². The molecule has 0 bridgehead atoms. The molecule has 13 heteroatoms. The van der Waals surface area contributed by atoms with E-state index in [2.05, 4.69) is 31.0 Å². The number of nitrogens with one attached hydrogen (secondary N) is 1. The number of halogens is 4. The van der Waals surface area contributed by atoms with Crippen LogP contribution in [-0.4, -0.2) is 42.1 Å². The molecule has 1 amide bonds. The fraction of sp³-hybridized carbons (Fsp3) is 0.143. The van der Waals surface area contributed by atoms with Gasteiger partial charge in [0.1, 0.15) is 11.7 Å². The van der Waals surface area contributed by atoms with Crippen molar-refractivity contribution in [2.45, 2.75) is 19.6 Å². The Morgan fingerprint density at radius 3 is 2.65 bits per heavy atom. The number of carbonyl (C=O) groups excluding carboxylic acids is 1. The highest BCUT2D eigenvalue weighted by Gasteiger charge is 2.30. The molecule has 2 aromatic carbocycles. The molecule has 34 heavy (non-hydrogen) atoms. The van der Waals surface area contributed by atoms with Gasteiger partial charge in [-0.3, -0.25) is 4.79 Å². The number of amides is 1. The summed E-state index contributed by atoms with van der Waals surface area (Å²) in [6.45, 7) is 1.39. The van der Waals surface area contributed by atoms with Crippen molar-refractivity contribution in [3.05, 3.63) is 76.6 Å². The Bertz CT molecular complexity index is 1350. The third-order valence-electron chi connectivity index (χ3n) is 4.62. The lowest BCUT2D eigenvalue weighted by Crippen LogP contribution is -2.24. The molecule has 0 spiro atoms. The summed E-state index contributed by atoms with van der Waals surface area (Å²) in [4.78, 5) is 13.3. The Hall–Kier alpha value is -4.06. The summed E-state index contributed by atoms with van der Waals surface area (Å²) >= 11 is 6.32. The van der Waals surface area contributed by atoms with Crippen LogP contribution in [0.15, 0.2) is 59.7 Å². The van der Waals surface area contributed by atoms with E-state index in [1.807, 2.05) is 30.3 Å². The number of alkyl halides is 3. The van der Waals surface area contributed by atoms with Crippen molar-refractivity contribution in [1.29, 1.82) is 0 Å². The minimum Gasteiger partial charge on any atom is -0.271 e. The zero-order valence-corrected chi connectivity index (χ0v) is 18.3. The minimum atomic E-state index is -4.50. The van der Waals surface area contributed by atoms with Crippen LogP contribution in [-0.2, 0) is 17.5 Å². The maximum atomic E-state index is 13.0. The van der Waals surface area contributed by atoms with Crippen LogP contribution < -0.4 is 5.43 Å². The number of tetrazole rings is 1. The lowest BCUT2D eigenvalue weighted by atomic mass is 10.2. The monoisotopic (exact) mass is 488 g/mol. The van der Waals surface area contributed by atoms with Crippen LogP contribution in [0.3, 0.4) is 0 Å². The molecule has 0 aliphatic rings. The number of benzene rings is 2. The molecule has 2 heterocycles. The van der Waals surface area contributed by atoms with Crippen LogP contribution in [0.25, 0.3) is 17.1 Å². The smallest absolute Gasteiger partial charge is 0.271 e. The van der Waals surface area contributed by atoms with Crippen molar-refractivity contribution in [3.63, 3.8) is 0 Å². The van der Waals surface area contributed by atoms with E-state index in [0.717, 1.165) is 22.5 Å². The molecule has 9 nitrogen and oxygen atoms in total. The number of aromatic nitrogens is 6. The molecule has 0 fully saturated rings. The van der Waals surface area contributed by atoms with Crippen LogP contribution in [0.2, 0.25) is 5.15 Å². The zero-order valence-electron chi connectivity index (χ0n) is 17.5. The first-order valence-electron chi connectivity index (χ1n) is 9.80. The topological polar surface area (TPSA) is 103 Å². The summed E-state index contributed by atoms with van der Waals surface area (Å²) in [5.74, 6) is -0.145. The van der Waals surface area contributed by atoms with Crippen LogP contribution >= 0.6 is 11.6 Å². The van der Waals surface area contributed by atoms with E-state index in [9.17, 15) is 18.0 Å². The van der Waals surface area contributed by atoms with Gasteiger partial charge in [-0.05, 0) is 30.3 Å². The molecular formula is C21H16ClF3N8O. The quantitative estimate of drug-likeness (QED) is 0.329. The fourth-order valence-corrected chi connectivity index (χ4v) is 3.31. The molecule has 0 atom stereocenters. The molecule has 4 rings (SSSR count). The second-order valence-corrected chi connectivity index (χ2v) is 7.41. The average Bonchev–Trinajstić information content (AvgIpc) is 3.39. The summed E-state index contributed by atoms with van der Waals surface area (Å²) in [6.07, 6.45) is -3.24. The summed E-state index contributed by atoms with van der Waals surface area (Å²) in [5.41, 5.74) is 3.14. The second-order valence-electron chi connectivity index (χ2n) is 7.05. The van der Waals surface area contributed by atoms with Gasteiger partial charge in [-0.25, -0.2) is 10.1 Å². The number of hydrogen-bond donors (Lipinski definition) is 1. The van der Waals surface area contributed by atoms with Crippen LogP contribution in [0.1, 0.15) is 16.8 Å². The fourth-order valence-electron chi connectivity index (χ4n) is 2.99. The molecular weight excluding hydrogens is 473 g/mol. The first kappa shape index (κ1) is 23.1. The van der Waals surface area contributed by atoms with Crippen molar-refractivity contribution in [1.82, 2.24) is 35.4 Å². The van der Waals surface area contributed by atoms with Gasteiger partial charge in [0.2, 0.25) is 5.82 Å². The predicted octanol–water partition coefficient (Wildman–Crippen LogP) is 3.66. The largest absolute Gasteiger partial charge is 0.416 e. The highest BCUT2D eigenvalue weighted by atomic mass is 35.5. The van der Waals surface area contributed by atoms with Gasteiger partial charge >= 0.3 is 6.18 Å². The molecule has 2 aromatic heterocycles. The van der Waals surface area contributed by atoms with Crippen LogP contribution in [0, 0.1) is 6.92 Å². The standard InChI is InChI=1S/C21H16ClF3N8O/c1-13-17(19(22)33(29-13)16-9-5-8-15(10-16)21(23,24)25)11-26-27-18(34)12-32-30-20(28-31-32)14-6-3-2-4-7-14/h2-11H,12H2,1H3,(H,27,34)/b26-11+. The SMILES string of the molecule is Cc1nn(-c2cccc(C(F)(F)F)c2)c(Cl)c1/C=N/NC(=O)Cn1nnc(-c2ccccc2)n1. The lowest BCUT2D eigenvalue weighted by Gasteiger charge is -2.09. The van der Waals surface area contributed by atoms with E-state index in [0.29, 0.717) is 17.1 Å². The summed E-state index contributed by atoms with van der Waals surface area (Å²) in [6, 6.07) is 13.8. The Kier molecular flexibility index (Phi) is 6.41. The molecule has 0 saturated heterocycles. The van der Waals surface area contributed by atoms with Crippen molar-refractivity contribution in [2.24, 2.45) is 5.10 Å². The number of aryl methyl sites for hydroxylation is 1. The van der Waals surface area contributed by atoms with Crippen LogP contribution in [0.5, 0.6) is 0 Å². The Balaban J connectivity index is 1.43. The van der Waals surface area contributed by atoms with Gasteiger partial charge in [-0.1, -0.05) is 48.0 Å². The van der Waals surface area contributed by atoms with E-state index in [-0.39, 0.29) is 17.4 Å². The molecule has 0 unspecified atom stereocenters. The highest BCUT2D eigenvalue weighted by Crippen LogP contribution is 2.31. The maximum Gasteiger partial charge on any atom is 0.416 e. The maximum absolute atomic E-state index is 13.0. The van der Waals surface area contributed by atoms with Crippen LogP contribution in [0.4, 0.5) is 13.2 Å². The molecule has 4 aromatic rings.